The molecule has 0 atom stereocenters. The third kappa shape index (κ3) is 16.8. The molecule has 13 rings (SSSR count). The molecule has 1 aliphatic carbocycles. The smallest absolute Gasteiger partial charge is 0.416 e. The number of aryl methyl sites for hydroxylation is 2. The van der Waals surface area contributed by atoms with Crippen LogP contribution in [0.4, 0.5) is 24.5 Å². The highest BCUT2D eigenvalue weighted by atomic mass is 32.2. The standard InChI is InChI=1S/C25H19NO2.C21H17N.C16H18N2O2S.C15H10F3N3O3/c1-18-6-10-22-4-2-3-5-25(22)24(18)17-9-19-7-11-20(12-8-19)21-13-15-23(16-14-21)26(27)28;1(7-16-13-17-8-2-3-9-18(17)14-16)5-11-20-15-19-10-4-6-12-21(19)22-20;1-3-10-18-15(20)13(4-2)14(19)17-16(18)21-11-12-8-6-5-7-9-12;1-8-2-3-9(7-11(8)15(16,17)18)6-10-4-5-12(21(22)23)14-13(10)19-24-20-14/h2-17H,1H3;1-13,15,22H,14H2;3,5-9,19H,1,4,10-11H2,2H3;2-5,7H,6H2,1H3/b17-9+;7-1+,11-5+;;. The number of nitro benzene ring substituents is 2. The average molecular weight is 1290 g/mol. The zero-order valence-corrected chi connectivity index (χ0v) is 52.9. The Hall–Kier alpha value is -11.5. The Morgan fingerprint density at radius 2 is 1.38 bits per heavy atom. The van der Waals surface area contributed by atoms with Gasteiger partial charge >= 0.3 is 11.9 Å². The van der Waals surface area contributed by atoms with Crippen molar-refractivity contribution in [1.29, 1.82) is 0 Å². The topological polar surface area (TPSA) is 196 Å². The molecule has 0 saturated carbocycles. The van der Waals surface area contributed by atoms with Crippen LogP contribution < -0.4 is 5.56 Å². The molecular formula is C77H64F3N7O7S. The van der Waals surface area contributed by atoms with Crippen LogP contribution in [-0.2, 0) is 37.7 Å². The highest BCUT2D eigenvalue weighted by molar-refractivity contribution is 7.98. The summed E-state index contributed by atoms with van der Waals surface area (Å²) in [4.78, 5) is 40.6. The monoisotopic (exact) mass is 1290 g/mol. The summed E-state index contributed by atoms with van der Waals surface area (Å²) in [6, 6.07) is 63.3. The van der Waals surface area contributed by atoms with E-state index in [4.69, 9.17) is 0 Å². The largest absolute Gasteiger partial charge is 0.493 e. The molecule has 0 fully saturated rings. The summed E-state index contributed by atoms with van der Waals surface area (Å²) in [6.45, 7) is 9.40. The summed E-state index contributed by atoms with van der Waals surface area (Å²) >= 11 is 1.43. The van der Waals surface area contributed by atoms with E-state index in [1.165, 1.54) is 98.5 Å². The maximum absolute atomic E-state index is 13.0. The van der Waals surface area contributed by atoms with E-state index < -0.39 is 16.7 Å². The van der Waals surface area contributed by atoms with E-state index in [1.807, 2.05) is 49.4 Å². The van der Waals surface area contributed by atoms with Crippen LogP contribution in [0.15, 0.2) is 251 Å². The molecule has 3 aromatic heterocycles. The second-order valence-corrected chi connectivity index (χ2v) is 23.2. The van der Waals surface area contributed by atoms with E-state index in [-0.39, 0.29) is 50.8 Å². The van der Waals surface area contributed by atoms with Gasteiger partial charge in [0.15, 0.2) is 5.16 Å². The van der Waals surface area contributed by atoms with E-state index >= 15 is 0 Å². The molecule has 0 bridgehead atoms. The number of aromatic hydroxyl groups is 1. The molecule has 95 heavy (non-hydrogen) atoms. The Labute approximate surface area is 549 Å². The predicted molar refractivity (Wildman–Crippen MR) is 374 cm³/mol. The second-order valence-electron chi connectivity index (χ2n) is 22.2. The summed E-state index contributed by atoms with van der Waals surface area (Å²) in [7, 11) is 0. The molecule has 18 heteroatoms. The number of alkyl halides is 3. The Balaban J connectivity index is 0.000000139. The number of para-hydroxylation sites is 1. The van der Waals surface area contributed by atoms with Crippen molar-refractivity contribution in [2.24, 2.45) is 0 Å². The van der Waals surface area contributed by atoms with Gasteiger partial charge in [0.25, 0.3) is 11.2 Å². The number of non-ortho nitro benzene ring substituents is 2. The normalized spacial score (nSPS) is 11.9. The molecule has 476 valence electrons. The quantitative estimate of drug-likeness (QED) is 0.0178. The van der Waals surface area contributed by atoms with Gasteiger partial charge in [-0.2, -0.15) is 18.2 Å². The lowest BCUT2D eigenvalue weighted by atomic mass is 9.98. The van der Waals surface area contributed by atoms with Crippen LogP contribution in [-0.4, -0.2) is 39.8 Å². The van der Waals surface area contributed by atoms with E-state index in [2.05, 4.69) is 184 Å². The van der Waals surface area contributed by atoms with Gasteiger partial charge in [0.2, 0.25) is 11.4 Å². The zero-order chi connectivity index (χ0) is 67.0. The number of rotatable bonds is 16. The number of benzene rings is 9. The Kier molecular flexibility index (Phi) is 21.5. The fraction of sp³-hybridized carbons (Fsp3) is 0.117. The number of hydrogen-bond acceptors (Lipinski definition) is 11. The molecule has 14 nitrogen and oxygen atoms in total. The summed E-state index contributed by atoms with van der Waals surface area (Å²) in [5.74, 6) is 0.522. The molecule has 0 amide bonds. The molecular weight excluding hydrogens is 1220 g/mol. The third-order valence-electron chi connectivity index (χ3n) is 15.7. The van der Waals surface area contributed by atoms with E-state index in [9.17, 15) is 43.3 Å². The minimum Gasteiger partial charge on any atom is -0.493 e. The molecule has 0 spiro atoms. The second kappa shape index (κ2) is 30.7. The summed E-state index contributed by atoms with van der Waals surface area (Å²) < 4.78 is 45.1. The first-order valence-corrected chi connectivity index (χ1v) is 31.3. The SMILES string of the molecule is C1=C(/C=C/C=C/c2cc3ccccc3[nH]2)Cc2ccccc21.C=CCn1c(SCc2ccccc2)nc(O)c(CC)c1=O.Cc1ccc(Cc2ccc([N+](=O)[O-])c3nonc23)cc1C(F)(F)F.Cc1ccc2ccccc2c1/C=C/c1ccc(-c2ccc([N+](=O)[O-])cc2)cc1. The van der Waals surface area contributed by atoms with E-state index in [1.54, 1.807) is 28.8 Å². The molecule has 0 unspecified atom stereocenters. The lowest BCUT2D eigenvalue weighted by Gasteiger charge is -2.12. The molecule has 0 radical (unpaired) electrons. The molecule has 0 aliphatic heterocycles. The maximum Gasteiger partial charge on any atom is 0.416 e. The van der Waals surface area contributed by atoms with Crippen molar-refractivity contribution in [2.75, 3.05) is 0 Å². The van der Waals surface area contributed by atoms with Crippen molar-refractivity contribution < 1.29 is 32.8 Å². The van der Waals surface area contributed by atoms with Crippen LogP contribution in [0.2, 0.25) is 0 Å². The van der Waals surface area contributed by atoms with Crippen molar-refractivity contribution >= 4 is 80.1 Å². The lowest BCUT2D eigenvalue weighted by Crippen LogP contribution is -2.25. The first-order chi connectivity index (χ1) is 45.9. The lowest BCUT2D eigenvalue weighted by molar-refractivity contribution is -0.384. The number of H-pyrrole nitrogens is 1. The van der Waals surface area contributed by atoms with Crippen LogP contribution in [0.1, 0.15) is 73.8 Å². The van der Waals surface area contributed by atoms with Gasteiger partial charge < -0.3 is 10.1 Å². The van der Waals surface area contributed by atoms with E-state index in [0.717, 1.165) is 40.4 Å². The molecule has 9 aromatic carbocycles. The zero-order valence-electron chi connectivity index (χ0n) is 52.0. The highest BCUT2D eigenvalue weighted by Gasteiger charge is 2.32. The molecule has 2 N–H and O–H groups in total. The number of thioether (sulfide) groups is 1. The minimum atomic E-state index is -4.44. The Morgan fingerprint density at radius 1 is 0.705 bits per heavy atom. The highest BCUT2D eigenvalue weighted by Crippen LogP contribution is 2.35. The molecule has 3 heterocycles. The van der Waals surface area contributed by atoms with Gasteiger partial charge in [-0.15, -0.1) is 6.58 Å². The van der Waals surface area contributed by atoms with Crippen LogP contribution in [0, 0.1) is 34.1 Å². The number of aromatic amines is 1. The minimum absolute atomic E-state index is 0.0272. The Bertz CT molecular complexity index is 4900. The van der Waals surface area contributed by atoms with Gasteiger partial charge in [-0.1, -0.05) is 207 Å². The summed E-state index contributed by atoms with van der Waals surface area (Å²) in [6.07, 6.45) is 13.9. The first kappa shape index (κ1) is 66.4. The number of nitrogens with zero attached hydrogens (tertiary/aromatic N) is 6. The molecule has 0 saturated heterocycles. The van der Waals surface area contributed by atoms with Crippen molar-refractivity contribution in [2.45, 2.75) is 63.7 Å². The number of nitro groups is 2. The fourth-order valence-electron chi connectivity index (χ4n) is 10.8. The van der Waals surface area contributed by atoms with Crippen molar-refractivity contribution in [3.8, 4) is 17.0 Å². The van der Waals surface area contributed by atoms with Gasteiger partial charge in [0.1, 0.15) is 5.52 Å². The third-order valence-corrected chi connectivity index (χ3v) is 16.8. The number of halogens is 3. The summed E-state index contributed by atoms with van der Waals surface area (Å²) in [5, 5.41) is 43.0. The first-order valence-electron chi connectivity index (χ1n) is 30.3. The number of hydrogen-bond donors (Lipinski definition) is 2. The Morgan fingerprint density at radius 3 is 2.08 bits per heavy atom. The molecule has 12 aromatic rings. The van der Waals surface area contributed by atoms with Crippen LogP contribution >= 0.6 is 11.8 Å². The van der Waals surface area contributed by atoms with E-state index in [0.29, 0.717) is 40.6 Å². The van der Waals surface area contributed by atoms with Crippen LogP contribution in [0.3, 0.4) is 0 Å². The fourth-order valence-corrected chi connectivity index (χ4v) is 11.8. The predicted octanol–water partition coefficient (Wildman–Crippen LogP) is 19.3. The summed E-state index contributed by atoms with van der Waals surface area (Å²) in [5.41, 5.74) is 13.6. The van der Waals surface area contributed by atoms with Crippen LogP contribution in [0.25, 0.3) is 68.1 Å². The number of nitrogens with one attached hydrogen (secondary N) is 1. The number of allylic oxidation sites excluding steroid dienone is 5. The maximum atomic E-state index is 13.0. The van der Waals surface area contributed by atoms with Gasteiger partial charge in [-0.25, -0.2) is 4.63 Å². The van der Waals surface area contributed by atoms with Crippen LogP contribution in [0.5, 0.6) is 5.88 Å². The van der Waals surface area contributed by atoms with Crippen molar-refractivity contribution in [1.82, 2.24) is 24.8 Å². The van der Waals surface area contributed by atoms with Gasteiger partial charge in [-0.05, 0) is 169 Å². The van der Waals surface area contributed by atoms with Crippen molar-refractivity contribution in [3.63, 3.8) is 0 Å². The van der Waals surface area contributed by atoms with Gasteiger partial charge in [0.05, 0.1) is 21.0 Å². The van der Waals surface area contributed by atoms with Gasteiger partial charge in [-0.3, -0.25) is 29.6 Å². The van der Waals surface area contributed by atoms with Crippen molar-refractivity contribution in [3.05, 3.63) is 334 Å². The molecule has 1 aliphatic rings. The number of aromatic nitrogens is 5. The average Bonchev–Trinajstić information content (AvgIpc) is 1.79. The number of fused-ring (bicyclic) bond motifs is 4. The van der Waals surface area contributed by atoms with Gasteiger partial charge in [0, 0.05) is 41.7 Å².